The van der Waals surface area contributed by atoms with Crippen LogP contribution in [0.25, 0.3) is 28.4 Å². The van der Waals surface area contributed by atoms with Crippen LogP contribution in [-0.4, -0.2) is 25.4 Å². The van der Waals surface area contributed by atoms with Gasteiger partial charge in [0.1, 0.15) is 5.82 Å². The fraction of sp³-hybridized carbons (Fsp3) is 0.0588. The second kappa shape index (κ2) is 5.69. The average molecular weight is 321 g/mol. The van der Waals surface area contributed by atoms with Crippen LogP contribution < -0.4 is 0 Å². The van der Waals surface area contributed by atoms with E-state index in [1.807, 2.05) is 31.2 Å². The number of hydrogen-bond acceptors (Lipinski definition) is 5. The number of halogens is 1. The fourth-order valence-electron chi connectivity index (χ4n) is 2.45. The highest BCUT2D eigenvalue weighted by molar-refractivity contribution is 5.76. The molecule has 0 bridgehead atoms. The van der Waals surface area contributed by atoms with Crippen LogP contribution >= 0.6 is 0 Å². The smallest absolute Gasteiger partial charge is 0.192 e. The predicted octanol–water partition coefficient (Wildman–Crippen LogP) is 3.43. The standard InChI is InChI=1S/C17H12FN5O/c1-11-6-8-12(9-7-11)23-17(20-21-22-23)14-10-19-24-16(14)13-4-2-3-5-15(13)18/h2-10H,1H3. The number of tetrazole rings is 1. The van der Waals surface area contributed by atoms with Crippen LogP contribution in [0, 0.1) is 12.7 Å². The predicted molar refractivity (Wildman–Crippen MR) is 84.8 cm³/mol. The Labute approximate surface area is 136 Å². The van der Waals surface area contributed by atoms with Crippen molar-refractivity contribution in [3.05, 3.63) is 66.1 Å². The normalized spacial score (nSPS) is 10.9. The maximum Gasteiger partial charge on any atom is 0.192 e. The molecule has 0 unspecified atom stereocenters. The van der Waals surface area contributed by atoms with E-state index in [2.05, 4.69) is 20.7 Å². The van der Waals surface area contributed by atoms with Crippen molar-refractivity contribution >= 4 is 0 Å². The van der Waals surface area contributed by atoms with E-state index < -0.39 is 5.82 Å². The zero-order valence-electron chi connectivity index (χ0n) is 12.7. The van der Waals surface area contributed by atoms with Gasteiger partial charge >= 0.3 is 0 Å². The Morgan fingerprint density at radius 1 is 1.00 bits per heavy atom. The Balaban J connectivity index is 1.85. The Morgan fingerprint density at radius 3 is 2.58 bits per heavy atom. The van der Waals surface area contributed by atoms with Gasteiger partial charge in [-0.3, -0.25) is 0 Å². The molecular weight excluding hydrogens is 309 g/mol. The molecule has 2 aromatic heterocycles. The van der Waals surface area contributed by atoms with Gasteiger partial charge in [-0.2, -0.15) is 4.68 Å². The maximum atomic E-state index is 14.1. The van der Waals surface area contributed by atoms with Crippen LogP contribution in [0.15, 0.2) is 59.3 Å². The van der Waals surface area contributed by atoms with Gasteiger partial charge < -0.3 is 4.52 Å². The zero-order valence-corrected chi connectivity index (χ0v) is 12.7. The van der Waals surface area contributed by atoms with Gasteiger partial charge in [0, 0.05) is 0 Å². The summed E-state index contributed by atoms with van der Waals surface area (Å²) >= 11 is 0. The van der Waals surface area contributed by atoms with Gasteiger partial charge in [-0.1, -0.05) is 35.0 Å². The van der Waals surface area contributed by atoms with Gasteiger partial charge in [-0.05, 0) is 41.6 Å². The molecule has 0 spiro atoms. The lowest BCUT2D eigenvalue weighted by atomic mass is 10.1. The summed E-state index contributed by atoms with van der Waals surface area (Å²) in [5.41, 5.74) is 2.75. The van der Waals surface area contributed by atoms with Crippen molar-refractivity contribution in [2.45, 2.75) is 6.92 Å². The third-order valence-electron chi connectivity index (χ3n) is 3.68. The summed E-state index contributed by atoms with van der Waals surface area (Å²) < 4.78 is 20.9. The van der Waals surface area contributed by atoms with Gasteiger partial charge in [0.15, 0.2) is 11.6 Å². The second-order valence-electron chi connectivity index (χ2n) is 5.30. The van der Waals surface area contributed by atoms with Crippen molar-refractivity contribution in [3.8, 4) is 28.4 Å². The van der Waals surface area contributed by atoms with Crippen molar-refractivity contribution in [2.24, 2.45) is 0 Å². The first-order valence-corrected chi connectivity index (χ1v) is 7.29. The molecule has 4 rings (SSSR count). The van der Waals surface area contributed by atoms with Gasteiger partial charge in [0.25, 0.3) is 0 Å². The van der Waals surface area contributed by atoms with E-state index in [4.69, 9.17) is 4.52 Å². The molecule has 0 radical (unpaired) electrons. The molecule has 2 heterocycles. The number of nitrogens with zero attached hydrogens (tertiary/aromatic N) is 5. The van der Waals surface area contributed by atoms with Gasteiger partial charge in [0.2, 0.25) is 0 Å². The van der Waals surface area contributed by atoms with E-state index in [0.717, 1.165) is 11.3 Å². The minimum absolute atomic E-state index is 0.288. The summed E-state index contributed by atoms with van der Waals surface area (Å²) in [5.74, 6) is 0.319. The van der Waals surface area contributed by atoms with E-state index in [1.165, 1.54) is 12.3 Å². The lowest BCUT2D eigenvalue weighted by molar-refractivity contribution is 0.430. The minimum Gasteiger partial charge on any atom is -0.355 e. The molecule has 118 valence electrons. The van der Waals surface area contributed by atoms with Crippen LogP contribution in [0.5, 0.6) is 0 Å². The van der Waals surface area contributed by atoms with E-state index >= 15 is 0 Å². The Bertz CT molecular complexity index is 990. The fourth-order valence-corrected chi connectivity index (χ4v) is 2.45. The molecule has 0 atom stereocenters. The molecule has 0 saturated carbocycles. The third kappa shape index (κ3) is 2.36. The van der Waals surface area contributed by atoms with E-state index in [9.17, 15) is 4.39 Å². The van der Waals surface area contributed by atoms with Crippen LogP contribution in [0.1, 0.15) is 5.56 Å². The lowest BCUT2D eigenvalue weighted by Gasteiger charge is -2.05. The molecule has 0 N–H and O–H groups in total. The summed E-state index contributed by atoms with van der Waals surface area (Å²) in [7, 11) is 0. The van der Waals surface area contributed by atoms with Crippen molar-refractivity contribution in [2.75, 3.05) is 0 Å². The van der Waals surface area contributed by atoms with Crippen LogP contribution in [0.4, 0.5) is 4.39 Å². The number of aryl methyl sites for hydroxylation is 1. The monoisotopic (exact) mass is 321 g/mol. The Hall–Kier alpha value is -3.35. The molecule has 24 heavy (non-hydrogen) atoms. The van der Waals surface area contributed by atoms with Gasteiger partial charge in [-0.25, -0.2) is 4.39 Å². The van der Waals surface area contributed by atoms with E-state index in [0.29, 0.717) is 17.0 Å². The highest BCUT2D eigenvalue weighted by atomic mass is 19.1. The maximum absolute atomic E-state index is 14.1. The van der Waals surface area contributed by atoms with Crippen LogP contribution in [0.2, 0.25) is 0 Å². The topological polar surface area (TPSA) is 69.6 Å². The highest BCUT2D eigenvalue weighted by Crippen LogP contribution is 2.32. The molecule has 6 nitrogen and oxygen atoms in total. The van der Waals surface area contributed by atoms with E-state index in [-0.39, 0.29) is 5.76 Å². The van der Waals surface area contributed by atoms with Crippen LogP contribution in [-0.2, 0) is 0 Å². The largest absolute Gasteiger partial charge is 0.355 e. The van der Waals surface area contributed by atoms with E-state index in [1.54, 1.807) is 22.9 Å². The quantitative estimate of drug-likeness (QED) is 0.578. The Kier molecular flexibility index (Phi) is 3.38. The average Bonchev–Trinajstić information content (AvgIpc) is 3.24. The van der Waals surface area contributed by atoms with Gasteiger partial charge in [0.05, 0.1) is 23.0 Å². The molecule has 0 saturated heterocycles. The Morgan fingerprint density at radius 2 is 1.79 bits per heavy atom. The van der Waals surface area contributed by atoms with Crippen molar-refractivity contribution < 1.29 is 8.91 Å². The first-order chi connectivity index (χ1) is 11.7. The number of hydrogen-bond donors (Lipinski definition) is 0. The molecule has 0 aliphatic heterocycles. The molecular formula is C17H12FN5O. The summed E-state index contributed by atoms with van der Waals surface area (Å²) in [6, 6.07) is 14.1. The highest BCUT2D eigenvalue weighted by Gasteiger charge is 2.21. The molecule has 0 aliphatic rings. The van der Waals surface area contributed by atoms with Crippen molar-refractivity contribution in [1.82, 2.24) is 25.4 Å². The second-order valence-corrected chi connectivity index (χ2v) is 5.30. The molecule has 0 aliphatic carbocycles. The summed E-state index contributed by atoms with van der Waals surface area (Å²) in [4.78, 5) is 0. The van der Waals surface area contributed by atoms with Crippen molar-refractivity contribution in [3.63, 3.8) is 0 Å². The zero-order chi connectivity index (χ0) is 16.5. The number of rotatable bonds is 3. The lowest BCUT2D eigenvalue weighted by Crippen LogP contribution is -2.00. The molecule has 4 aromatic rings. The summed E-state index contributed by atoms with van der Waals surface area (Å²) in [6.45, 7) is 2.00. The number of aromatic nitrogens is 5. The molecule has 0 fully saturated rings. The first kappa shape index (κ1) is 14.3. The number of benzene rings is 2. The van der Waals surface area contributed by atoms with Gasteiger partial charge in [-0.15, -0.1) is 5.10 Å². The summed E-state index contributed by atoms with van der Waals surface area (Å²) in [5, 5.41) is 15.6. The summed E-state index contributed by atoms with van der Waals surface area (Å²) in [6.07, 6.45) is 1.48. The third-order valence-corrected chi connectivity index (χ3v) is 3.68. The van der Waals surface area contributed by atoms with Crippen molar-refractivity contribution in [1.29, 1.82) is 0 Å². The minimum atomic E-state index is -0.398. The first-order valence-electron chi connectivity index (χ1n) is 7.29. The SMILES string of the molecule is Cc1ccc(-n2nnnc2-c2cnoc2-c2ccccc2F)cc1. The molecule has 0 amide bonds. The molecule has 7 heteroatoms. The molecule has 2 aromatic carbocycles. The van der Waals surface area contributed by atoms with Crippen LogP contribution in [0.3, 0.4) is 0 Å².